The van der Waals surface area contributed by atoms with Crippen LogP contribution in [0.5, 0.6) is 23.0 Å². The Bertz CT molecular complexity index is 1260. The van der Waals surface area contributed by atoms with Crippen molar-refractivity contribution in [1.29, 1.82) is 0 Å². The summed E-state index contributed by atoms with van der Waals surface area (Å²) in [7, 11) is 0. The van der Waals surface area contributed by atoms with Crippen LogP contribution < -0.4 is 5.43 Å². The maximum Gasteiger partial charge on any atom is 0.204 e. The lowest BCUT2D eigenvalue weighted by atomic mass is 9.95. The molecule has 3 aromatic rings. The van der Waals surface area contributed by atoms with Gasteiger partial charge in [-0.25, -0.2) is 0 Å². The summed E-state index contributed by atoms with van der Waals surface area (Å²) in [6, 6.07) is 2.42. The van der Waals surface area contributed by atoms with E-state index in [2.05, 4.69) is 0 Å². The van der Waals surface area contributed by atoms with Crippen molar-refractivity contribution in [2.24, 2.45) is 0 Å². The van der Waals surface area contributed by atoms with Crippen LogP contribution in [0.15, 0.2) is 33.0 Å². The van der Waals surface area contributed by atoms with Gasteiger partial charge >= 0.3 is 0 Å². The van der Waals surface area contributed by atoms with Crippen LogP contribution in [0, 0.1) is 0 Å². The van der Waals surface area contributed by atoms with E-state index in [9.17, 15) is 30.3 Å². The highest BCUT2D eigenvalue weighted by Gasteiger charge is 2.23. The quantitative estimate of drug-likeness (QED) is 0.202. The topological polar surface area (TPSA) is 131 Å². The molecule has 0 bridgehead atoms. The Morgan fingerprint density at radius 3 is 2.19 bits per heavy atom. The van der Waals surface area contributed by atoms with Crippen LogP contribution in [0.25, 0.3) is 21.9 Å². The van der Waals surface area contributed by atoms with Gasteiger partial charge in [0.15, 0.2) is 11.5 Å². The van der Waals surface area contributed by atoms with Gasteiger partial charge in [-0.2, -0.15) is 0 Å². The number of aromatic hydroxyl groups is 4. The van der Waals surface area contributed by atoms with Crippen LogP contribution in [-0.2, 0) is 12.8 Å². The van der Waals surface area contributed by atoms with Crippen molar-refractivity contribution in [2.75, 3.05) is 0 Å². The molecule has 0 aliphatic rings. The van der Waals surface area contributed by atoms with Crippen molar-refractivity contribution >= 4 is 21.9 Å². The van der Waals surface area contributed by atoms with E-state index >= 15 is 0 Å². The second-order valence-corrected chi connectivity index (χ2v) is 9.11. The first-order chi connectivity index (χ1) is 14.9. The van der Waals surface area contributed by atoms with Gasteiger partial charge < -0.3 is 29.9 Å². The molecule has 5 N–H and O–H groups in total. The van der Waals surface area contributed by atoms with Crippen molar-refractivity contribution < 1.29 is 29.9 Å². The predicted molar refractivity (Wildman–Crippen MR) is 124 cm³/mol. The number of phenols is 4. The lowest BCUT2D eigenvalue weighted by Gasteiger charge is -2.17. The van der Waals surface area contributed by atoms with Gasteiger partial charge in [0.25, 0.3) is 0 Å². The van der Waals surface area contributed by atoms with Gasteiger partial charge in [-0.15, -0.1) is 0 Å². The molecule has 1 aromatic heterocycles. The number of hydrogen-bond donors (Lipinski definition) is 5. The Hall–Kier alpha value is -3.19. The number of benzene rings is 2. The number of fused-ring (bicyclic) bond motifs is 2. The van der Waals surface area contributed by atoms with E-state index in [0.29, 0.717) is 25.7 Å². The molecule has 0 aliphatic carbocycles. The minimum Gasteiger partial charge on any atom is -0.507 e. The molecule has 0 amide bonds. The molecule has 32 heavy (non-hydrogen) atoms. The van der Waals surface area contributed by atoms with Crippen LogP contribution in [-0.4, -0.2) is 31.1 Å². The fraction of sp³-hybridized carbons (Fsp3) is 0.400. The second kappa shape index (κ2) is 8.74. The molecule has 0 aliphatic heterocycles. The van der Waals surface area contributed by atoms with E-state index in [4.69, 9.17) is 4.42 Å². The summed E-state index contributed by atoms with van der Waals surface area (Å²) < 4.78 is 5.76. The summed E-state index contributed by atoms with van der Waals surface area (Å²) in [6.07, 6.45) is 3.94. The maximum atomic E-state index is 13.4. The molecule has 0 saturated carbocycles. The minimum atomic E-state index is -0.921. The molecule has 1 heterocycles. The van der Waals surface area contributed by atoms with Crippen LogP contribution in [0.2, 0.25) is 0 Å². The summed E-state index contributed by atoms with van der Waals surface area (Å²) in [4.78, 5) is 13.4. The molecule has 0 radical (unpaired) electrons. The largest absolute Gasteiger partial charge is 0.507 e. The highest BCUT2D eigenvalue weighted by molar-refractivity contribution is 5.97. The molecule has 0 spiro atoms. The van der Waals surface area contributed by atoms with E-state index in [1.165, 1.54) is 6.07 Å². The zero-order chi connectivity index (χ0) is 23.8. The minimum absolute atomic E-state index is 0.0176. The van der Waals surface area contributed by atoms with Gasteiger partial charge in [-0.05, 0) is 59.8 Å². The summed E-state index contributed by atoms with van der Waals surface area (Å²) in [5.74, 6) is -1.41. The van der Waals surface area contributed by atoms with Crippen LogP contribution in [0.1, 0.15) is 58.1 Å². The lowest BCUT2D eigenvalue weighted by molar-refractivity contribution is 0.0689. The molecular weight excluding hydrogens is 412 g/mol. The number of hydrogen-bond acceptors (Lipinski definition) is 7. The summed E-state index contributed by atoms with van der Waals surface area (Å²) in [6.45, 7) is 7.22. The second-order valence-electron chi connectivity index (χ2n) is 9.11. The SMILES string of the molecule is CC(C)=CCCc1c(O)cc2oc3cc(O)c(O)c(CCCC(C)(C)O)c3c(=O)c2c1O. The van der Waals surface area contributed by atoms with Gasteiger partial charge in [0.1, 0.15) is 28.1 Å². The zero-order valence-electron chi connectivity index (χ0n) is 18.8. The van der Waals surface area contributed by atoms with E-state index in [-0.39, 0.29) is 51.0 Å². The molecular formula is C25H30O7. The van der Waals surface area contributed by atoms with E-state index in [0.717, 1.165) is 11.6 Å². The fourth-order valence-corrected chi connectivity index (χ4v) is 3.92. The molecule has 0 fully saturated rings. The smallest absolute Gasteiger partial charge is 0.204 e. The van der Waals surface area contributed by atoms with Crippen molar-refractivity contribution in [2.45, 2.75) is 65.4 Å². The third-order valence-electron chi connectivity index (χ3n) is 5.53. The molecule has 2 aromatic carbocycles. The molecule has 3 rings (SSSR count). The number of aliphatic hydroxyl groups is 1. The Morgan fingerprint density at radius 1 is 0.938 bits per heavy atom. The molecule has 7 nitrogen and oxygen atoms in total. The standard InChI is InChI=1S/C25H30O7/c1-13(2)7-5-8-14-16(26)11-19-21(23(14)29)24(30)20-15(9-6-10-25(3,4)31)22(28)17(27)12-18(20)32-19/h7,11-12,26-29,31H,5-6,8-10H2,1-4H3. The van der Waals surface area contributed by atoms with Gasteiger partial charge in [0, 0.05) is 23.3 Å². The van der Waals surface area contributed by atoms with E-state index in [1.807, 2.05) is 19.9 Å². The highest BCUT2D eigenvalue weighted by atomic mass is 16.3. The van der Waals surface area contributed by atoms with Crippen molar-refractivity contribution in [1.82, 2.24) is 0 Å². The monoisotopic (exact) mass is 442 g/mol. The Balaban J connectivity index is 2.22. The first-order valence-corrected chi connectivity index (χ1v) is 10.6. The van der Waals surface area contributed by atoms with Crippen molar-refractivity contribution in [3.63, 3.8) is 0 Å². The molecule has 7 heteroatoms. The third kappa shape index (κ3) is 4.67. The Morgan fingerprint density at radius 2 is 1.56 bits per heavy atom. The van der Waals surface area contributed by atoms with E-state index < -0.39 is 22.5 Å². The summed E-state index contributed by atoms with van der Waals surface area (Å²) in [5, 5.41) is 51.8. The highest BCUT2D eigenvalue weighted by Crippen LogP contribution is 2.40. The number of rotatable bonds is 7. The number of allylic oxidation sites excluding steroid dienone is 2. The van der Waals surface area contributed by atoms with Crippen LogP contribution >= 0.6 is 0 Å². The van der Waals surface area contributed by atoms with Gasteiger partial charge in [0.05, 0.1) is 11.0 Å². The third-order valence-corrected chi connectivity index (χ3v) is 5.53. The molecule has 0 saturated heterocycles. The van der Waals surface area contributed by atoms with Gasteiger partial charge in [0.2, 0.25) is 5.43 Å². The first kappa shape index (κ1) is 23.5. The molecule has 0 atom stereocenters. The normalized spacial score (nSPS) is 11.9. The first-order valence-electron chi connectivity index (χ1n) is 10.6. The predicted octanol–water partition coefficient (Wildman–Crippen LogP) is 4.76. The van der Waals surface area contributed by atoms with Gasteiger partial charge in [-0.1, -0.05) is 11.6 Å². The lowest BCUT2D eigenvalue weighted by Crippen LogP contribution is -2.18. The van der Waals surface area contributed by atoms with Crippen molar-refractivity contribution in [3.8, 4) is 23.0 Å². The molecule has 0 unspecified atom stereocenters. The maximum absolute atomic E-state index is 13.4. The zero-order valence-corrected chi connectivity index (χ0v) is 18.8. The molecule has 172 valence electrons. The average Bonchev–Trinajstić information content (AvgIpc) is 2.66. The summed E-state index contributed by atoms with van der Waals surface area (Å²) in [5.41, 5.74) is 0.0714. The number of aryl methyl sites for hydroxylation is 1. The van der Waals surface area contributed by atoms with E-state index in [1.54, 1.807) is 13.8 Å². The van der Waals surface area contributed by atoms with Crippen LogP contribution in [0.4, 0.5) is 0 Å². The van der Waals surface area contributed by atoms with Crippen LogP contribution in [0.3, 0.4) is 0 Å². The van der Waals surface area contributed by atoms with Crippen molar-refractivity contribution in [3.05, 3.63) is 45.1 Å². The van der Waals surface area contributed by atoms with Gasteiger partial charge in [-0.3, -0.25) is 4.79 Å². The average molecular weight is 443 g/mol. The Kier molecular flexibility index (Phi) is 6.41. The fourth-order valence-electron chi connectivity index (χ4n) is 3.92. The summed E-state index contributed by atoms with van der Waals surface area (Å²) >= 11 is 0. The number of phenolic OH excluding ortho intramolecular Hbond substituents is 4. The Labute approximate surface area is 185 Å².